The van der Waals surface area contributed by atoms with E-state index >= 15 is 0 Å². The number of rotatable bonds is 7. The Hall–Kier alpha value is -0.990. The van der Waals surface area contributed by atoms with Crippen LogP contribution in [0.1, 0.15) is 57.2 Å². The van der Waals surface area contributed by atoms with Gasteiger partial charge in [0, 0.05) is 20.5 Å². The van der Waals surface area contributed by atoms with E-state index in [0.717, 1.165) is 25.7 Å². The zero-order valence-corrected chi connectivity index (χ0v) is 13.7. The van der Waals surface area contributed by atoms with Gasteiger partial charge >= 0.3 is 0 Å². The van der Waals surface area contributed by atoms with Crippen molar-refractivity contribution in [3.63, 3.8) is 0 Å². The molecule has 1 aromatic rings. The van der Waals surface area contributed by atoms with Gasteiger partial charge in [0.25, 0.3) is 10.2 Å². The molecule has 1 fully saturated rings. The van der Waals surface area contributed by atoms with Gasteiger partial charge in [-0.25, -0.2) is 0 Å². The summed E-state index contributed by atoms with van der Waals surface area (Å²) in [5, 5.41) is 3.94. The highest BCUT2D eigenvalue weighted by Crippen LogP contribution is 2.38. The molecule has 21 heavy (non-hydrogen) atoms. The molecule has 0 aromatic carbocycles. The molecule has 1 saturated carbocycles. The maximum Gasteiger partial charge on any atom is 0.280 e. The number of aromatic nitrogens is 2. The molecular formula is C13H24N4O3S. The molecule has 0 amide bonds. The van der Waals surface area contributed by atoms with E-state index in [0.29, 0.717) is 31.1 Å². The molecule has 8 heteroatoms. The number of nitrogens with zero attached hydrogens (tertiary/aromatic N) is 3. The second-order valence-corrected chi connectivity index (χ2v) is 7.49. The lowest BCUT2D eigenvalue weighted by Crippen LogP contribution is -2.50. The maximum absolute atomic E-state index is 12.5. The third-order valence-corrected chi connectivity index (χ3v) is 5.63. The van der Waals surface area contributed by atoms with Crippen molar-refractivity contribution in [1.82, 2.24) is 19.2 Å². The van der Waals surface area contributed by atoms with E-state index in [1.165, 1.54) is 4.31 Å². The summed E-state index contributed by atoms with van der Waals surface area (Å²) in [4.78, 5) is 4.25. The molecule has 0 saturated heterocycles. The van der Waals surface area contributed by atoms with Crippen molar-refractivity contribution in [2.75, 3.05) is 13.6 Å². The van der Waals surface area contributed by atoms with Gasteiger partial charge in [0.2, 0.25) is 5.89 Å². The number of aryl methyl sites for hydroxylation is 1. The minimum atomic E-state index is -3.55. The Morgan fingerprint density at radius 1 is 1.38 bits per heavy atom. The fourth-order valence-corrected chi connectivity index (χ4v) is 3.98. The van der Waals surface area contributed by atoms with E-state index in [4.69, 9.17) is 4.52 Å². The van der Waals surface area contributed by atoms with Gasteiger partial charge in [-0.15, -0.1) is 0 Å². The van der Waals surface area contributed by atoms with Crippen LogP contribution in [0.5, 0.6) is 0 Å². The average Bonchev–Trinajstić information content (AvgIpc) is 3.05. The SMILES string of the molecule is CCCCN(C)S(=O)(=O)NC1(c2noc(C)n2)CCCC1. The predicted octanol–water partition coefficient (Wildman–Crippen LogP) is 1.71. The van der Waals surface area contributed by atoms with Gasteiger partial charge in [-0.3, -0.25) is 0 Å². The van der Waals surface area contributed by atoms with Crippen LogP contribution in [0, 0.1) is 6.92 Å². The molecule has 1 N–H and O–H groups in total. The highest BCUT2D eigenvalue weighted by Gasteiger charge is 2.43. The molecule has 0 unspecified atom stereocenters. The van der Waals surface area contributed by atoms with Crippen molar-refractivity contribution in [3.8, 4) is 0 Å². The Balaban J connectivity index is 2.20. The maximum atomic E-state index is 12.5. The predicted molar refractivity (Wildman–Crippen MR) is 78.8 cm³/mol. The van der Waals surface area contributed by atoms with Crippen LogP contribution in [-0.2, 0) is 15.7 Å². The van der Waals surface area contributed by atoms with Gasteiger partial charge in [-0.2, -0.15) is 22.4 Å². The highest BCUT2D eigenvalue weighted by atomic mass is 32.2. The minimum Gasteiger partial charge on any atom is -0.340 e. The van der Waals surface area contributed by atoms with Crippen LogP contribution >= 0.6 is 0 Å². The number of unbranched alkanes of at least 4 members (excludes halogenated alkanes) is 1. The number of hydrogen-bond donors (Lipinski definition) is 1. The summed E-state index contributed by atoms with van der Waals surface area (Å²) in [7, 11) is -1.95. The van der Waals surface area contributed by atoms with Crippen molar-refractivity contribution in [2.45, 2.75) is 57.9 Å². The van der Waals surface area contributed by atoms with Crippen LogP contribution in [0.25, 0.3) is 0 Å². The van der Waals surface area contributed by atoms with Gasteiger partial charge in [0.05, 0.1) is 5.54 Å². The lowest BCUT2D eigenvalue weighted by molar-refractivity contribution is 0.328. The molecule has 0 atom stereocenters. The zero-order chi connectivity index (χ0) is 15.5. The molecule has 120 valence electrons. The minimum absolute atomic E-state index is 0.449. The third-order valence-electron chi connectivity index (χ3n) is 3.97. The molecule has 0 spiro atoms. The summed E-state index contributed by atoms with van der Waals surface area (Å²) in [6, 6.07) is 0. The van der Waals surface area contributed by atoms with Crippen LogP contribution < -0.4 is 4.72 Å². The van der Waals surface area contributed by atoms with Gasteiger partial charge in [-0.05, 0) is 19.3 Å². The first kappa shape index (κ1) is 16.4. The summed E-state index contributed by atoms with van der Waals surface area (Å²) in [6.07, 6.45) is 5.10. The molecule has 0 aliphatic heterocycles. The van der Waals surface area contributed by atoms with Crippen LogP contribution in [-0.4, -0.2) is 36.5 Å². The monoisotopic (exact) mass is 316 g/mol. The van der Waals surface area contributed by atoms with Gasteiger partial charge < -0.3 is 4.52 Å². The van der Waals surface area contributed by atoms with E-state index in [2.05, 4.69) is 14.9 Å². The van der Waals surface area contributed by atoms with Crippen LogP contribution in [0.15, 0.2) is 4.52 Å². The molecule has 0 radical (unpaired) electrons. The Morgan fingerprint density at radius 3 is 2.57 bits per heavy atom. The van der Waals surface area contributed by atoms with Gasteiger partial charge in [0.1, 0.15) is 0 Å². The largest absolute Gasteiger partial charge is 0.340 e. The summed E-state index contributed by atoms with van der Waals surface area (Å²) in [5.74, 6) is 0.903. The van der Waals surface area contributed by atoms with Crippen molar-refractivity contribution < 1.29 is 12.9 Å². The Bertz CT molecular complexity index is 564. The van der Waals surface area contributed by atoms with Gasteiger partial charge in [0.15, 0.2) is 5.82 Å². The molecule has 2 rings (SSSR count). The van der Waals surface area contributed by atoms with Crippen molar-refractivity contribution in [1.29, 1.82) is 0 Å². The Kier molecular flexibility index (Phi) is 5.00. The summed E-state index contributed by atoms with van der Waals surface area (Å²) >= 11 is 0. The highest BCUT2D eigenvalue weighted by molar-refractivity contribution is 7.87. The molecule has 1 aliphatic rings. The fraction of sp³-hybridized carbons (Fsp3) is 0.846. The molecule has 7 nitrogen and oxygen atoms in total. The van der Waals surface area contributed by atoms with E-state index in [9.17, 15) is 8.42 Å². The van der Waals surface area contributed by atoms with Crippen molar-refractivity contribution in [2.24, 2.45) is 0 Å². The topological polar surface area (TPSA) is 88.3 Å². The molecular weight excluding hydrogens is 292 g/mol. The quantitative estimate of drug-likeness (QED) is 0.827. The fourth-order valence-electron chi connectivity index (χ4n) is 2.67. The lowest BCUT2D eigenvalue weighted by Gasteiger charge is -2.29. The van der Waals surface area contributed by atoms with Crippen molar-refractivity contribution >= 4 is 10.2 Å². The van der Waals surface area contributed by atoms with E-state index in [1.54, 1.807) is 14.0 Å². The number of nitrogens with one attached hydrogen (secondary N) is 1. The van der Waals surface area contributed by atoms with E-state index < -0.39 is 15.7 Å². The van der Waals surface area contributed by atoms with Crippen LogP contribution in [0.4, 0.5) is 0 Å². The molecule has 0 bridgehead atoms. The normalized spacial score (nSPS) is 18.5. The lowest BCUT2D eigenvalue weighted by atomic mass is 9.99. The average molecular weight is 316 g/mol. The molecule has 1 aromatic heterocycles. The first-order chi connectivity index (χ1) is 9.89. The standard InChI is InChI=1S/C13H24N4O3S/c1-4-5-10-17(3)21(18,19)16-13(8-6-7-9-13)12-14-11(2)20-15-12/h16H,4-10H2,1-3H3. The summed E-state index contributed by atoms with van der Waals surface area (Å²) < 4.78 is 34.2. The van der Waals surface area contributed by atoms with Crippen LogP contribution in [0.3, 0.4) is 0 Å². The smallest absolute Gasteiger partial charge is 0.280 e. The van der Waals surface area contributed by atoms with Gasteiger partial charge in [-0.1, -0.05) is 31.3 Å². The first-order valence-electron chi connectivity index (χ1n) is 7.46. The second kappa shape index (κ2) is 6.41. The summed E-state index contributed by atoms with van der Waals surface area (Å²) in [6.45, 7) is 4.25. The molecule has 1 heterocycles. The van der Waals surface area contributed by atoms with E-state index in [1.807, 2.05) is 6.92 Å². The zero-order valence-electron chi connectivity index (χ0n) is 12.9. The molecule has 1 aliphatic carbocycles. The Labute approximate surface area is 126 Å². The second-order valence-electron chi connectivity index (χ2n) is 5.71. The van der Waals surface area contributed by atoms with E-state index in [-0.39, 0.29) is 0 Å². The first-order valence-corrected chi connectivity index (χ1v) is 8.90. The Morgan fingerprint density at radius 2 is 2.05 bits per heavy atom. The summed E-state index contributed by atoms with van der Waals surface area (Å²) in [5.41, 5.74) is -0.725. The third kappa shape index (κ3) is 3.61. The van der Waals surface area contributed by atoms with Crippen molar-refractivity contribution in [3.05, 3.63) is 11.7 Å². The van der Waals surface area contributed by atoms with Crippen LogP contribution in [0.2, 0.25) is 0 Å². The number of hydrogen-bond acceptors (Lipinski definition) is 5.